The average molecular weight is 321 g/mol. The van der Waals surface area contributed by atoms with E-state index < -0.39 is 27.8 Å². The van der Waals surface area contributed by atoms with Crippen LogP contribution in [0.4, 0.5) is 0 Å². The number of amides is 1. The van der Waals surface area contributed by atoms with Gasteiger partial charge in [0.2, 0.25) is 5.91 Å². The van der Waals surface area contributed by atoms with Crippen molar-refractivity contribution in [2.45, 2.75) is 39.0 Å². The fourth-order valence-electron chi connectivity index (χ4n) is 2.19. The molecule has 0 aliphatic carbocycles. The quantitative estimate of drug-likeness (QED) is 0.384. The van der Waals surface area contributed by atoms with Gasteiger partial charge in [-0.05, 0) is 6.42 Å². The van der Waals surface area contributed by atoms with Gasteiger partial charge in [-0.1, -0.05) is 26.2 Å². The van der Waals surface area contributed by atoms with Gasteiger partial charge >= 0.3 is 5.97 Å². The highest BCUT2D eigenvalue weighted by molar-refractivity contribution is 7.85. The fourth-order valence-corrected chi connectivity index (χ4v) is 2.64. The maximum Gasteiger partial charge on any atom is 0.311 e. The van der Waals surface area contributed by atoms with Gasteiger partial charge in [0.15, 0.2) is 0 Å². The molecule has 1 heterocycles. The third-order valence-electron chi connectivity index (χ3n) is 3.41. The van der Waals surface area contributed by atoms with Crippen LogP contribution < -0.4 is 0 Å². The van der Waals surface area contributed by atoms with Gasteiger partial charge in [-0.25, -0.2) is 0 Å². The molecule has 0 radical (unpaired) electrons. The molecule has 0 bridgehead atoms. The van der Waals surface area contributed by atoms with Crippen molar-refractivity contribution in [3.8, 4) is 0 Å². The molecule has 0 spiro atoms. The summed E-state index contributed by atoms with van der Waals surface area (Å²) in [6.07, 6.45) is 4.07. The van der Waals surface area contributed by atoms with Crippen molar-refractivity contribution in [1.29, 1.82) is 0 Å². The van der Waals surface area contributed by atoms with Crippen molar-refractivity contribution in [3.63, 3.8) is 0 Å². The number of esters is 1. The van der Waals surface area contributed by atoms with E-state index in [0.717, 1.165) is 25.7 Å². The number of carbonyl (C=O) groups is 2. The Hall–Kier alpha value is -1.15. The van der Waals surface area contributed by atoms with E-state index in [1.54, 1.807) is 0 Å². The van der Waals surface area contributed by atoms with Gasteiger partial charge in [-0.3, -0.25) is 14.1 Å². The summed E-state index contributed by atoms with van der Waals surface area (Å²) in [4.78, 5) is 24.7. The topological polar surface area (TPSA) is 101 Å². The monoisotopic (exact) mass is 321 g/mol. The van der Waals surface area contributed by atoms with Crippen molar-refractivity contribution in [2.75, 3.05) is 25.4 Å². The molecule has 122 valence electrons. The van der Waals surface area contributed by atoms with E-state index in [1.165, 1.54) is 4.90 Å². The Morgan fingerprint density at radius 2 is 2.10 bits per heavy atom. The van der Waals surface area contributed by atoms with E-state index in [0.29, 0.717) is 6.61 Å². The van der Waals surface area contributed by atoms with Crippen LogP contribution in [-0.4, -0.2) is 55.2 Å². The molecule has 1 aliphatic rings. The van der Waals surface area contributed by atoms with Crippen LogP contribution in [-0.2, 0) is 24.4 Å². The van der Waals surface area contributed by atoms with E-state index >= 15 is 0 Å². The third kappa shape index (κ3) is 6.90. The average Bonchev–Trinajstić information content (AvgIpc) is 2.76. The third-order valence-corrected chi connectivity index (χ3v) is 4.11. The first-order valence-electron chi connectivity index (χ1n) is 7.23. The summed E-state index contributed by atoms with van der Waals surface area (Å²) in [6.45, 7) is 2.51. The van der Waals surface area contributed by atoms with Crippen molar-refractivity contribution in [2.24, 2.45) is 5.92 Å². The summed E-state index contributed by atoms with van der Waals surface area (Å²) >= 11 is 0. The molecule has 0 aromatic rings. The standard InChI is InChI=1S/C13H23NO6S/c1-2-3-4-5-7-20-13(16)11-9-12(15)14(10-11)6-8-21(17,18)19/h11H,2-10H2,1H3,(H,17,18,19). The summed E-state index contributed by atoms with van der Waals surface area (Å²) in [5, 5.41) is 0. The first-order chi connectivity index (χ1) is 9.83. The van der Waals surface area contributed by atoms with Crippen LogP contribution in [0.2, 0.25) is 0 Å². The number of unbranched alkanes of at least 4 members (excludes halogenated alkanes) is 3. The molecule has 1 aliphatic heterocycles. The normalized spacial score (nSPS) is 19.0. The van der Waals surface area contributed by atoms with Crippen LogP contribution >= 0.6 is 0 Å². The lowest BCUT2D eigenvalue weighted by molar-refractivity contribution is -0.148. The predicted molar refractivity (Wildman–Crippen MR) is 76.2 cm³/mol. The highest BCUT2D eigenvalue weighted by atomic mass is 32.2. The molecule has 8 heteroatoms. The second-order valence-electron chi connectivity index (χ2n) is 5.25. The van der Waals surface area contributed by atoms with Crippen LogP contribution in [0, 0.1) is 5.92 Å². The first kappa shape index (κ1) is 17.9. The maximum absolute atomic E-state index is 11.8. The molecule has 1 amide bonds. The number of nitrogens with zero attached hydrogens (tertiary/aromatic N) is 1. The number of hydrogen-bond acceptors (Lipinski definition) is 5. The summed E-state index contributed by atoms with van der Waals surface area (Å²) in [5.41, 5.74) is 0. The molecule has 0 saturated carbocycles. The van der Waals surface area contributed by atoms with E-state index in [9.17, 15) is 18.0 Å². The zero-order valence-corrected chi connectivity index (χ0v) is 13.1. The van der Waals surface area contributed by atoms with Crippen LogP contribution in [0.1, 0.15) is 39.0 Å². The lowest BCUT2D eigenvalue weighted by Crippen LogP contribution is -2.31. The van der Waals surface area contributed by atoms with E-state index in [2.05, 4.69) is 6.92 Å². The molecule has 1 rings (SSSR count). The number of carbonyl (C=O) groups excluding carboxylic acids is 2. The summed E-state index contributed by atoms with van der Waals surface area (Å²) in [6, 6.07) is 0. The Balaban J connectivity index is 2.31. The van der Waals surface area contributed by atoms with Crippen molar-refractivity contribution in [3.05, 3.63) is 0 Å². The molecule has 0 aromatic carbocycles. The van der Waals surface area contributed by atoms with Crippen molar-refractivity contribution < 1.29 is 27.3 Å². The van der Waals surface area contributed by atoms with Gasteiger partial charge in [0.1, 0.15) is 0 Å². The van der Waals surface area contributed by atoms with E-state index in [-0.39, 0.29) is 25.4 Å². The Kier molecular flexibility index (Phi) is 7.10. The minimum Gasteiger partial charge on any atom is -0.465 e. The second kappa shape index (κ2) is 8.33. The predicted octanol–water partition coefficient (Wildman–Crippen LogP) is 0.846. The van der Waals surface area contributed by atoms with Crippen molar-refractivity contribution in [1.82, 2.24) is 4.90 Å². The Bertz CT molecular complexity index is 461. The number of rotatable bonds is 9. The fraction of sp³-hybridized carbons (Fsp3) is 0.846. The molecular formula is C13H23NO6S. The molecule has 21 heavy (non-hydrogen) atoms. The van der Waals surface area contributed by atoms with Crippen LogP contribution in [0.3, 0.4) is 0 Å². The lowest BCUT2D eigenvalue weighted by atomic mass is 10.1. The van der Waals surface area contributed by atoms with Gasteiger partial charge in [0.25, 0.3) is 10.1 Å². The van der Waals surface area contributed by atoms with Gasteiger partial charge in [-0.15, -0.1) is 0 Å². The Labute approximate surface area is 125 Å². The zero-order chi connectivity index (χ0) is 15.9. The van der Waals surface area contributed by atoms with Gasteiger partial charge in [0.05, 0.1) is 18.3 Å². The van der Waals surface area contributed by atoms with Gasteiger partial charge < -0.3 is 9.64 Å². The highest BCUT2D eigenvalue weighted by Gasteiger charge is 2.35. The maximum atomic E-state index is 11.8. The zero-order valence-electron chi connectivity index (χ0n) is 12.3. The van der Waals surface area contributed by atoms with Gasteiger partial charge in [-0.2, -0.15) is 8.42 Å². The molecule has 7 nitrogen and oxygen atoms in total. The summed E-state index contributed by atoms with van der Waals surface area (Å²) < 4.78 is 35.1. The molecule has 1 N–H and O–H groups in total. The smallest absolute Gasteiger partial charge is 0.311 e. The van der Waals surface area contributed by atoms with Crippen LogP contribution in [0.25, 0.3) is 0 Å². The second-order valence-corrected chi connectivity index (χ2v) is 6.83. The largest absolute Gasteiger partial charge is 0.465 e. The lowest BCUT2D eigenvalue weighted by Gasteiger charge is -2.15. The minimum atomic E-state index is -4.11. The highest BCUT2D eigenvalue weighted by Crippen LogP contribution is 2.19. The number of likely N-dealkylation sites (tertiary alicyclic amines) is 1. The first-order valence-corrected chi connectivity index (χ1v) is 8.84. The number of hydrogen-bond donors (Lipinski definition) is 1. The Morgan fingerprint density at radius 3 is 2.71 bits per heavy atom. The van der Waals surface area contributed by atoms with Crippen LogP contribution in [0.15, 0.2) is 0 Å². The van der Waals surface area contributed by atoms with Crippen molar-refractivity contribution >= 4 is 22.0 Å². The van der Waals surface area contributed by atoms with E-state index in [1.807, 2.05) is 0 Å². The summed E-state index contributed by atoms with van der Waals surface area (Å²) in [7, 11) is -4.11. The molecule has 1 unspecified atom stereocenters. The van der Waals surface area contributed by atoms with E-state index in [4.69, 9.17) is 9.29 Å². The minimum absolute atomic E-state index is 0.0409. The molecular weight excluding hydrogens is 298 g/mol. The molecule has 1 atom stereocenters. The van der Waals surface area contributed by atoms with Gasteiger partial charge in [0, 0.05) is 19.5 Å². The molecule has 1 fully saturated rings. The number of ether oxygens (including phenoxy) is 1. The Morgan fingerprint density at radius 1 is 1.38 bits per heavy atom. The molecule has 1 saturated heterocycles. The SMILES string of the molecule is CCCCCCOC(=O)C1CC(=O)N(CCS(=O)(=O)O)C1. The van der Waals surface area contributed by atoms with Crippen LogP contribution in [0.5, 0.6) is 0 Å². The molecule has 0 aromatic heterocycles. The summed E-state index contributed by atoms with van der Waals surface area (Å²) in [5.74, 6) is -1.75.